The average molecular weight is 731 g/mol. The summed E-state index contributed by atoms with van der Waals surface area (Å²) in [5.74, 6) is -0.377. The predicted molar refractivity (Wildman–Crippen MR) is 189 cm³/mol. The van der Waals surface area contributed by atoms with Gasteiger partial charge in [0.1, 0.15) is 30.2 Å². The molecule has 8 fully saturated rings. The van der Waals surface area contributed by atoms with Gasteiger partial charge in [0.05, 0.1) is 67.6 Å². The third-order valence-corrected chi connectivity index (χ3v) is 14.0. The first kappa shape index (κ1) is 37.7. The van der Waals surface area contributed by atoms with Gasteiger partial charge in [0.15, 0.2) is 5.79 Å². The molecule has 0 aromatic heterocycles. The van der Waals surface area contributed by atoms with Gasteiger partial charge in [0, 0.05) is 45.6 Å². The molecule has 8 aliphatic rings. The molecule has 8 saturated heterocycles. The predicted octanol–water partition coefficient (Wildman–Crippen LogP) is 4.73. The molecule has 8 rings (SSSR count). The molecule has 0 amide bonds. The van der Waals surface area contributed by atoms with E-state index in [0.29, 0.717) is 38.0 Å². The summed E-state index contributed by atoms with van der Waals surface area (Å²) in [4.78, 5) is 14.0. The van der Waals surface area contributed by atoms with Crippen molar-refractivity contribution in [2.45, 2.75) is 195 Å². The van der Waals surface area contributed by atoms with Gasteiger partial charge in [-0.3, -0.25) is 4.79 Å². The number of rotatable bonds is 4. The number of hydrogen-bond donors (Lipinski definition) is 2. The van der Waals surface area contributed by atoms with Crippen molar-refractivity contribution in [3.63, 3.8) is 0 Å². The Hall–Kier alpha value is -1.25. The number of carbonyl (C=O) groups is 1. The van der Waals surface area contributed by atoms with Crippen molar-refractivity contribution in [1.82, 2.24) is 0 Å². The molecule has 0 radical (unpaired) electrons. The van der Waals surface area contributed by atoms with Crippen molar-refractivity contribution < 1.29 is 52.9 Å². The fourth-order valence-electron chi connectivity index (χ4n) is 11.0. The van der Waals surface area contributed by atoms with E-state index in [-0.39, 0.29) is 104 Å². The van der Waals surface area contributed by atoms with Crippen LogP contribution in [0.25, 0.3) is 0 Å². The van der Waals surface area contributed by atoms with E-state index in [1.165, 1.54) is 0 Å². The summed E-state index contributed by atoms with van der Waals surface area (Å²) < 4.78 is 53.6. The van der Waals surface area contributed by atoms with Crippen LogP contribution >= 0.6 is 0 Å². The summed E-state index contributed by atoms with van der Waals surface area (Å²) in [7, 11) is 1.71. The van der Waals surface area contributed by atoms with Crippen molar-refractivity contribution in [2.75, 3.05) is 13.7 Å². The molecule has 10 bridgehead atoms. The molecule has 8 aliphatic heterocycles. The minimum atomic E-state index is -0.876. The van der Waals surface area contributed by atoms with E-state index in [2.05, 4.69) is 27.0 Å². The van der Waals surface area contributed by atoms with Crippen molar-refractivity contribution in [1.29, 1.82) is 0 Å². The highest BCUT2D eigenvalue weighted by atomic mass is 16.7. The third kappa shape index (κ3) is 7.38. The van der Waals surface area contributed by atoms with Crippen LogP contribution in [0.3, 0.4) is 0 Å². The second-order valence-corrected chi connectivity index (χ2v) is 17.5. The van der Waals surface area contributed by atoms with Gasteiger partial charge in [-0.15, -0.1) is 0 Å². The van der Waals surface area contributed by atoms with Crippen molar-refractivity contribution in [3.05, 3.63) is 24.3 Å². The number of fused-ring (bicyclic) bond motifs is 9. The Labute approximate surface area is 309 Å². The fourth-order valence-corrected chi connectivity index (χ4v) is 11.0. The molecule has 3 unspecified atom stereocenters. The first-order valence-electron chi connectivity index (χ1n) is 20.4. The SMILES string of the molecule is C=C1C[C@@H]2CC[C@]34CC[C@H](O3)[C@@H]3O[C@H]5CC[C@H](CC(=O)CC6[C@H](CC7O[C@@H](CCC1O2)C[C@@H](C)C7=C)O[C@H](C[C@@H](O)CO)[C@@H]6C)O[C@@H]5[C@H](O4)[C@@H]3OC. The summed E-state index contributed by atoms with van der Waals surface area (Å²) in [5.41, 5.74) is 2.21. The first-order valence-corrected chi connectivity index (χ1v) is 20.4. The molecular weight excluding hydrogens is 668 g/mol. The maximum Gasteiger partial charge on any atom is 0.169 e. The molecule has 2 N–H and O–H groups in total. The quantitative estimate of drug-likeness (QED) is 0.390. The topological polar surface area (TPSA) is 131 Å². The number of aliphatic hydroxyl groups excluding tert-OH is 2. The lowest BCUT2D eigenvalue weighted by atomic mass is 9.78. The number of methoxy groups -OCH3 is 1. The van der Waals surface area contributed by atoms with Crippen molar-refractivity contribution >= 4 is 5.78 Å². The van der Waals surface area contributed by atoms with Gasteiger partial charge in [0.25, 0.3) is 0 Å². The maximum absolute atomic E-state index is 14.0. The Morgan fingerprint density at radius 1 is 0.788 bits per heavy atom. The van der Waals surface area contributed by atoms with Gasteiger partial charge in [-0.05, 0) is 80.3 Å². The van der Waals surface area contributed by atoms with Crippen LogP contribution in [0.4, 0.5) is 0 Å². The lowest BCUT2D eigenvalue weighted by molar-refractivity contribution is -0.302. The van der Waals surface area contributed by atoms with Gasteiger partial charge in [-0.25, -0.2) is 0 Å². The molecule has 0 aliphatic carbocycles. The molecule has 52 heavy (non-hydrogen) atoms. The average Bonchev–Trinajstić information content (AvgIpc) is 3.77. The van der Waals surface area contributed by atoms with Crippen LogP contribution in [0.2, 0.25) is 0 Å². The van der Waals surface area contributed by atoms with E-state index in [9.17, 15) is 15.0 Å². The number of carbonyl (C=O) groups excluding carboxylic acids is 1. The van der Waals surface area contributed by atoms with E-state index >= 15 is 0 Å². The van der Waals surface area contributed by atoms with E-state index in [1.807, 2.05) is 0 Å². The highest BCUT2D eigenvalue weighted by Crippen LogP contribution is 2.50. The monoisotopic (exact) mass is 730 g/mol. The van der Waals surface area contributed by atoms with Crippen molar-refractivity contribution in [3.8, 4) is 0 Å². The number of Topliss-reactive ketones (excluding diaryl/α,β-unsaturated/α-hetero) is 1. The highest BCUT2D eigenvalue weighted by Gasteiger charge is 2.61. The molecule has 0 aromatic rings. The van der Waals surface area contributed by atoms with Crippen LogP contribution in [0.1, 0.15) is 104 Å². The van der Waals surface area contributed by atoms with Gasteiger partial charge < -0.3 is 48.1 Å². The van der Waals surface area contributed by atoms with Gasteiger partial charge >= 0.3 is 0 Å². The Kier molecular flexibility index (Phi) is 11.1. The highest BCUT2D eigenvalue weighted by molar-refractivity contribution is 5.79. The zero-order valence-corrected chi connectivity index (χ0v) is 31.4. The van der Waals surface area contributed by atoms with E-state index < -0.39 is 11.9 Å². The molecular formula is C41H62O11. The minimum Gasteiger partial charge on any atom is -0.394 e. The van der Waals surface area contributed by atoms with Crippen LogP contribution in [0.15, 0.2) is 24.3 Å². The van der Waals surface area contributed by atoms with E-state index in [0.717, 1.165) is 68.9 Å². The molecule has 8 heterocycles. The van der Waals surface area contributed by atoms with Gasteiger partial charge in [-0.2, -0.15) is 0 Å². The summed E-state index contributed by atoms with van der Waals surface area (Å²) in [5, 5.41) is 20.0. The van der Waals surface area contributed by atoms with Crippen LogP contribution in [-0.2, 0) is 42.7 Å². The van der Waals surface area contributed by atoms with Crippen molar-refractivity contribution in [2.24, 2.45) is 17.8 Å². The lowest BCUT2D eigenvalue weighted by Crippen LogP contribution is -2.64. The Bertz CT molecular complexity index is 1320. The third-order valence-electron chi connectivity index (χ3n) is 14.0. The zero-order chi connectivity index (χ0) is 36.3. The van der Waals surface area contributed by atoms with Crippen LogP contribution < -0.4 is 0 Å². The summed E-state index contributed by atoms with van der Waals surface area (Å²) in [6.45, 7) is 12.9. The Morgan fingerprint density at radius 3 is 2.37 bits per heavy atom. The van der Waals surface area contributed by atoms with Crippen LogP contribution in [-0.4, -0.2) is 121 Å². The molecule has 0 aromatic carbocycles. The summed E-state index contributed by atoms with van der Waals surface area (Å²) in [6.07, 6.45) is 6.37. The van der Waals surface area contributed by atoms with Gasteiger partial charge in [0.2, 0.25) is 0 Å². The van der Waals surface area contributed by atoms with Gasteiger partial charge in [-0.1, -0.05) is 27.0 Å². The van der Waals surface area contributed by atoms with E-state index in [1.54, 1.807) is 7.11 Å². The molecule has 11 heteroatoms. The molecule has 18 atom stereocenters. The number of hydrogen-bond acceptors (Lipinski definition) is 11. The normalized spacial score (nSPS) is 50.4. The lowest BCUT2D eigenvalue weighted by Gasteiger charge is -2.50. The number of aliphatic hydroxyl groups is 2. The Morgan fingerprint density at radius 2 is 1.56 bits per heavy atom. The minimum absolute atomic E-state index is 0.0120. The molecule has 1 spiro atoms. The fraction of sp³-hybridized carbons (Fsp3) is 0.878. The number of ether oxygens (including phenoxy) is 8. The smallest absolute Gasteiger partial charge is 0.169 e. The first-order chi connectivity index (χ1) is 25.0. The molecule has 11 nitrogen and oxygen atoms in total. The molecule has 0 saturated carbocycles. The van der Waals surface area contributed by atoms with Crippen LogP contribution in [0.5, 0.6) is 0 Å². The Balaban J connectivity index is 1.06. The standard InChI is InChI=1S/C41H62O11/c1-21-14-27-6-8-31-22(2)15-29(46-31)10-12-41-13-11-33(51-41)38-39(45-5)40(52-41)37-32(50-38)9-7-28(48-37)16-25(43)17-30-24(4)34(18-26(44)20-42)49-36(30)19-35(47-27)23(21)3/h21,24,26-40,42,44H,2-3,6-20H2,1,4-5H3/t21-,24-,26-,27+,28-,29+,30?,31?,32+,33+,34-,35?,36+,37+,38+,39-,40+,41+/m1/s1. The summed E-state index contributed by atoms with van der Waals surface area (Å²) >= 11 is 0. The zero-order valence-electron chi connectivity index (χ0n) is 31.4. The second-order valence-electron chi connectivity index (χ2n) is 17.5. The second kappa shape index (κ2) is 15.4. The largest absolute Gasteiger partial charge is 0.394 e. The van der Waals surface area contributed by atoms with E-state index in [4.69, 9.17) is 37.9 Å². The molecule has 292 valence electrons. The van der Waals surface area contributed by atoms with Crippen LogP contribution in [0, 0.1) is 17.8 Å². The summed E-state index contributed by atoms with van der Waals surface area (Å²) in [6, 6.07) is 0. The number of ketones is 1. The maximum atomic E-state index is 14.0.